The quantitative estimate of drug-likeness (QED) is 0.409. The third kappa shape index (κ3) is 3.49. The van der Waals surface area contributed by atoms with E-state index in [2.05, 4.69) is 22.1 Å². The largest absolute Gasteiger partial charge is 0.464 e. The van der Waals surface area contributed by atoms with Crippen LogP contribution >= 0.6 is 0 Å². The lowest BCUT2D eigenvalue weighted by atomic mass is 10.0. The molecule has 2 aromatic carbocycles. The summed E-state index contributed by atoms with van der Waals surface area (Å²) < 4.78 is 5.46. The molecule has 1 saturated heterocycles. The van der Waals surface area contributed by atoms with Crippen molar-refractivity contribution in [2.75, 3.05) is 19.6 Å². The standard InChI is InChI=1S/C24H22N2O3/c27-22(5-9-26-8-4-19(15-26)18-3-7-25-14-18)17-2-1-16-12-21-23(28)6-10-29-24(21)13-20(16)11-17/h1-3,6-7,10-14,19,25H,4-5,8-9,15H2. The molecule has 1 N–H and O–H groups in total. The number of ketones is 1. The molecule has 5 heteroatoms. The Hall–Kier alpha value is -3.18. The number of nitrogens with one attached hydrogen (secondary N) is 1. The summed E-state index contributed by atoms with van der Waals surface area (Å²) >= 11 is 0. The fourth-order valence-electron chi connectivity index (χ4n) is 4.30. The Balaban J connectivity index is 1.29. The number of H-pyrrole nitrogens is 1. The van der Waals surface area contributed by atoms with Crippen molar-refractivity contribution in [3.8, 4) is 0 Å². The molecule has 0 saturated carbocycles. The van der Waals surface area contributed by atoms with Gasteiger partial charge in [-0.2, -0.15) is 0 Å². The molecule has 4 aromatic rings. The Morgan fingerprint density at radius 1 is 1.14 bits per heavy atom. The molecule has 5 nitrogen and oxygen atoms in total. The van der Waals surface area contributed by atoms with Crippen LogP contribution in [-0.2, 0) is 0 Å². The average Bonchev–Trinajstić information content (AvgIpc) is 3.42. The van der Waals surface area contributed by atoms with Gasteiger partial charge in [-0.1, -0.05) is 12.1 Å². The molecule has 3 heterocycles. The van der Waals surface area contributed by atoms with Gasteiger partial charge in [0.25, 0.3) is 0 Å². The summed E-state index contributed by atoms with van der Waals surface area (Å²) in [5.74, 6) is 0.701. The van der Waals surface area contributed by atoms with Crippen LogP contribution in [0.4, 0.5) is 0 Å². The van der Waals surface area contributed by atoms with Crippen molar-refractivity contribution in [1.29, 1.82) is 0 Å². The van der Waals surface area contributed by atoms with Crippen LogP contribution in [0.1, 0.15) is 34.7 Å². The van der Waals surface area contributed by atoms with Crippen molar-refractivity contribution >= 4 is 27.5 Å². The molecule has 5 rings (SSSR count). The Labute approximate surface area is 167 Å². The number of carbonyl (C=O) groups excluding carboxylic acids is 1. The lowest BCUT2D eigenvalue weighted by molar-refractivity contribution is 0.0969. The van der Waals surface area contributed by atoms with E-state index in [1.54, 1.807) is 0 Å². The topological polar surface area (TPSA) is 66.3 Å². The van der Waals surface area contributed by atoms with E-state index in [4.69, 9.17) is 4.42 Å². The number of carbonyl (C=O) groups is 1. The first kappa shape index (κ1) is 17.9. The number of likely N-dealkylation sites (tertiary alicyclic amines) is 1. The van der Waals surface area contributed by atoms with Gasteiger partial charge in [-0.25, -0.2) is 0 Å². The van der Waals surface area contributed by atoms with E-state index in [9.17, 15) is 9.59 Å². The zero-order valence-electron chi connectivity index (χ0n) is 16.1. The fourth-order valence-corrected chi connectivity index (χ4v) is 4.30. The van der Waals surface area contributed by atoms with Gasteiger partial charge < -0.3 is 14.3 Å². The van der Waals surface area contributed by atoms with E-state index in [-0.39, 0.29) is 11.2 Å². The van der Waals surface area contributed by atoms with Crippen LogP contribution in [-0.4, -0.2) is 35.3 Å². The maximum absolute atomic E-state index is 12.8. The number of benzene rings is 2. The smallest absolute Gasteiger partial charge is 0.192 e. The van der Waals surface area contributed by atoms with E-state index < -0.39 is 0 Å². The van der Waals surface area contributed by atoms with E-state index in [0.29, 0.717) is 28.9 Å². The molecule has 0 radical (unpaired) electrons. The Morgan fingerprint density at radius 3 is 2.93 bits per heavy atom. The number of Topliss-reactive ketones (excluding diaryl/α,β-unsaturated/α-hetero) is 1. The Morgan fingerprint density at radius 2 is 2.07 bits per heavy atom. The highest BCUT2D eigenvalue weighted by Crippen LogP contribution is 2.27. The maximum atomic E-state index is 12.8. The van der Waals surface area contributed by atoms with Crippen molar-refractivity contribution in [2.24, 2.45) is 0 Å². The van der Waals surface area contributed by atoms with Gasteiger partial charge in [0.2, 0.25) is 0 Å². The summed E-state index contributed by atoms with van der Waals surface area (Å²) in [6.45, 7) is 2.82. The van der Waals surface area contributed by atoms with E-state index in [0.717, 1.165) is 36.8 Å². The molecular formula is C24H22N2O3. The minimum absolute atomic E-state index is 0.0585. The predicted molar refractivity (Wildman–Crippen MR) is 114 cm³/mol. The van der Waals surface area contributed by atoms with Crippen molar-refractivity contribution in [2.45, 2.75) is 18.8 Å². The van der Waals surface area contributed by atoms with Crippen LogP contribution in [0.25, 0.3) is 21.7 Å². The van der Waals surface area contributed by atoms with Crippen molar-refractivity contribution in [1.82, 2.24) is 9.88 Å². The van der Waals surface area contributed by atoms with Gasteiger partial charge in [0.15, 0.2) is 11.2 Å². The first-order valence-corrected chi connectivity index (χ1v) is 10.0. The monoisotopic (exact) mass is 386 g/mol. The molecular weight excluding hydrogens is 364 g/mol. The second kappa shape index (κ2) is 7.33. The highest BCUT2D eigenvalue weighted by Gasteiger charge is 2.24. The van der Waals surface area contributed by atoms with E-state index >= 15 is 0 Å². The van der Waals surface area contributed by atoms with Crippen molar-refractivity contribution in [3.05, 3.63) is 82.5 Å². The number of hydrogen-bond donors (Lipinski definition) is 1. The molecule has 0 aliphatic carbocycles. The minimum atomic E-state index is -0.0585. The number of rotatable bonds is 5. The molecule has 0 spiro atoms. The molecule has 0 amide bonds. The van der Waals surface area contributed by atoms with Crippen LogP contribution < -0.4 is 5.43 Å². The SMILES string of the molecule is O=C(CCN1CCC(c2cc[nH]c2)C1)c1ccc2cc3c(=O)ccoc3cc2c1. The molecule has 1 unspecified atom stereocenters. The third-order valence-electron chi connectivity index (χ3n) is 5.96. The third-order valence-corrected chi connectivity index (χ3v) is 5.96. The second-order valence-electron chi connectivity index (χ2n) is 7.80. The molecule has 2 aromatic heterocycles. The minimum Gasteiger partial charge on any atom is -0.464 e. The van der Waals surface area contributed by atoms with Gasteiger partial charge in [-0.3, -0.25) is 9.59 Å². The molecule has 1 fully saturated rings. The van der Waals surface area contributed by atoms with Crippen molar-refractivity contribution < 1.29 is 9.21 Å². The molecule has 29 heavy (non-hydrogen) atoms. The van der Waals surface area contributed by atoms with Crippen LogP contribution in [0, 0.1) is 0 Å². The highest BCUT2D eigenvalue weighted by molar-refractivity contribution is 6.02. The highest BCUT2D eigenvalue weighted by atomic mass is 16.3. The summed E-state index contributed by atoms with van der Waals surface area (Å²) in [5.41, 5.74) is 2.54. The summed E-state index contributed by atoms with van der Waals surface area (Å²) in [6, 6.07) is 12.9. The molecule has 1 aliphatic heterocycles. The summed E-state index contributed by atoms with van der Waals surface area (Å²) in [4.78, 5) is 30.3. The zero-order valence-corrected chi connectivity index (χ0v) is 16.1. The van der Waals surface area contributed by atoms with Crippen LogP contribution in [0.2, 0.25) is 0 Å². The molecule has 1 aliphatic rings. The second-order valence-corrected chi connectivity index (χ2v) is 7.80. The van der Waals surface area contributed by atoms with Gasteiger partial charge in [-0.05, 0) is 59.5 Å². The molecule has 146 valence electrons. The van der Waals surface area contributed by atoms with Gasteiger partial charge in [-0.15, -0.1) is 0 Å². The summed E-state index contributed by atoms with van der Waals surface area (Å²) in [7, 11) is 0. The first-order valence-electron chi connectivity index (χ1n) is 10.0. The number of aromatic nitrogens is 1. The normalized spacial score (nSPS) is 17.3. The fraction of sp³-hybridized carbons (Fsp3) is 0.250. The van der Waals surface area contributed by atoms with Crippen molar-refractivity contribution in [3.63, 3.8) is 0 Å². The van der Waals surface area contributed by atoms with Gasteiger partial charge >= 0.3 is 0 Å². The summed E-state index contributed by atoms with van der Waals surface area (Å²) in [6.07, 6.45) is 7.09. The Bertz CT molecular complexity index is 1240. The number of hydrogen-bond acceptors (Lipinski definition) is 4. The van der Waals surface area contributed by atoms with Crippen LogP contribution in [0.5, 0.6) is 0 Å². The average molecular weight is 386 g/mol. The van der Waals surface area contributed by atoms with E-state index in [1.165, 1.54) is 17.9 Å². The number of nitrogens with zero attached hydrogens (tertiary/aromatic N) is 1. The van der Waals surface area contributed by atoms with Crippen LogP contribution in [0.15, 0.2) is 70.3 Å². The van der Waals surface area contributed by atoms with E-state index in [1.807, 2.05) is 36.5 Å². The zero-order chi connectivity index (χ0) is 19.8. The lowest BCUT2D eigenvalue weighted by Crippen LogP contribution is -2.23. The molecule has 1 atom stereocenters. The summed E-state index contributed by atoms with van der Waals surface area (Å²) in [5, 5.41) is 2.40. The van der Waals surface area contributed by atoms with Gasteiger partial charge in [0.05, 0.1) is 11.6 Å². The number of fused-ring (bicyclic) bond motifs is 2. The Kier molecular flexibility index (Phi) is 4.52. The predicted octanol–water partition coefficient (Wildman–Crippen LogP) is 4.34. The first-order chi connectivity index (χ1) is 14.2. The van der Waals surface area contributed by atoms with Gasteiger partial charge in [0.1, 0.15) is 5.58 Å². The maximum Gasteiger partial charge on any atom is 0.192 e. The lowest BCUT2D eigenvalue weighted by Gasteiger charge is -2.15. The molecule has 0 bridgehead atoms. The van der Waals surface area contributed by atoms with Crippen LogP contribution in [0.3, 0.4) is 0 Å². The van der Waals surface area contributed by atoms with Gasteiger partial charge in [0, 0.05) is 43.5 Å². The number of aromatic amines is 1.